The fourth-order valence-corrected chi connectivity index (χ4v) is 0.773. The zero-order valence-corrected chi connectivity index (χ0v) is 23.0. The standard InChI is InChI=1S/3C4H6O6.2Na.Zr/c3*5-1(3(7)8)2(6)4(9)10;;;/h3*1-2,5-6H,(H,7,8)(H,9,10);;;/q;;;2*+1;+4/p-6. The monoisotopic (exact) mass is 580 g/mol. The number of aliphatic hydroxyl groups excluding tert-OH is 6. The van der Waals surface area contributed by atoms with Crippen molar-refractivity contribution in [2.45, 2.75) is 36.6 Å². The Kier molecular flexibility index (Phi) is 32.3. The predicted molar refractivity (Wildman–Crippen MR) is 66.1 cm³/mol. The van der Waals surface area contributed by atoms with Crippen molar-refractivity contribution in [3.05, 3.63) is 0 Å². The molecule has 0 aromatic rings. The van der Waals surface area contributed by atoms with Crippen LogP contribution >= 0.6 is 0 Å². The molecule has 6 N–H and O–H groups in total. The van der Waals surface area contributed by atoms with Gasteiger partial charge in [0.15, 0.2) is 0 Å². The van der Waals surface area contributed by atoms with Gasteiger partial charge in [-0.1, -0.05) is 0 Å². The van der Waals surface area contributed by atoms with E-state index < -0.39 is 72.4 Å². The molecule has 0 aliphatic rings. The molecule has 0 heterocycles. The van der Waals surface area contributed by atoms with E-state index in [9.17, 15) is 59.4 Å². The molecule has 0 aliphatic carbocycles. The van der Waals surface area contributed by atoms with Crippen LogP contribution in [0.5, 0.6) is 0 Å². The largest absolute Gasteiger partial charge is 4.00 e. The molecule has 0 fully saturated rings. The van der Waals surface area contributed by atoms with Crippen LogP contribution in [0.4, 0.5) is 0 Å². The molecule has 0 aromatic carbocycles. The summed E-state index contributed by atoms with van der Waals surface area (Å²) in [5.74, 6) is -12.4. The Labute approximate surface area is 245 Å². The van der Waals surface area contributed by atoms with Crippen LogP contribution in [0.15, 0.2) is 0 Å². The van der Waals surface area contributed by atoms with E-state index in [0.717, 1.165) is 0 Å². The molecule has 6 atom stereocenters. The summed E-state index contributed by atoms with van der Waals surface area (Å²) in [4.78, 5) is 57.8. The third-order valence-corrected chi connectivity index (χ3v) is 2.35. The zero-order chi connectivity index (χ0) is 24.9. The number of aliphatic hydroxyl groups is 6. The van der Waals surface area contributed by atoms with Gasteiger partial charge < -0.3 is 90.0 Å². The molecule has 6 unspecified atom stereocenters. The molecule has 174 valence electrons. The summed E-state index contributed by atoms with van der Waals surface area (Å²) in [6.45, 7) is 0. The van der Waals surface area contributed by atoms with Crippen molar-refractivity contribution in [3.8, 4) is 0 Å². The molecular formula is C12H12Na2O18Zr. The molecule has 0 saturated carbocycles. The predicted octanol–water partition coefficient (Wildman–Crippen LogP) is -20.4. The second-order valence-electron chi connectivity index (χ2n) is 4.58. The molecule has 18 nitrogen and oxygen atoms in total. The number of hydrogen-bond donors (Lipinski definition) is 6. The normalized spacial score (nSPS) is 14.4. The van der Waals surface area contributed by atoms with Crippen molar-refractivity contribution < 1.29 is 175 Å². The van der Waals surface area contributed by atoms with Crippen molar-refractivity contribution >= 4 is 35.8 Å². The molecule has 33 heavy (non-hydrogen) atoms. The van der Waals surface area contributed by atoms with Gasteiger partial charge in [0.1, 0.15) is 36.6 Å². The second-order valence-corrected chi connectivity index (χ2v) is 4.58. The van der Waals surface area contributed by atoms with Crippen LogP contribution in [0, 0.1) is 0 Å². The smallest absolute Gasteiger partial charge is 0.547 e. The van der Waals surface area contributed by atoms with E-state index in [1.165, 1.54) is 0 Å². The summed E-state index contributed by atoms with van der Waals surface area (Å²) < 4.78 is 0. The fraction of sp³-hybridized carbons (Fsp3) is 0.500. The third-order valence-electron chi connectivity index (χ3n) is 2.35. The molecule has 0 bridgehead atoms. The summed E-state index contributed by atoms with van der Waals surface area (Å²) in [6.07, 6.45) is -14.6. The summed E-state index contributed by atoms with van der Waals surface area (Å²) in [6, 6.07) is 0. The molecule has 0 aromatic heterocycles. The molecule has 0 rings (SSSR count). The van der Waals surface area contributed by atoms with Crippen molar-refractivity contribution in [3.63, 3.8) is 0 Å². The van der Waals surface area contributed by atoms with Crippen molar-refractivity contribution in [2.75, 3.05) is 0 Å². The van der Waals surface area contributed by atoms with Gasteiger partial charge in [-0.15, -0.1) is 0 Å². The van der Waals surface area contributed by atoms with E-state index in [0.29, 0.717) is 0 Å². The molecular weight excluding hydrogens is 569 g/mol. The van der Waals surface area contributed by atoms with Gasteiger partial charge in [0.05, 0.1) is 35.8 Å². The first kappa shape index (κ1) is 45.9. The maximum absolute atomic E-state index is 9.63. The topological polar surface area (TPSA) is 362 Å². The van der Waals surface area contributed by atoms with Crippen LogP contribution in [-0.4, -0.2) is 103 Å². The van der Waals surface area contributed by atoms with Gasteiger partial charge in [-0.25, -0.2) is 0 Å². The Morgan fingerprint density at radius 2 is 0.424 bits per heavy atom. The number of carboxylic acid groups (broad SMARTS) is 6. The minimum absolute atomic E-state index is 0. The quantitative estimate of drug-likeness (QED) is 0.138. The van der Waals surface area contributed by atoms with Gasteiger partial charge in [0.25, 0.3) is 0 Å². The van der Waals surface area contributed by atoms with Gasteiger partial charge in [-0.2, -0.15) is 0 Å². The van der Waals surface area contributed by atoms with E-state index in [1.54, 1.807) is 0 Å². The maximum atomic E-state index is 9.63. The first-order valence-corrected chi connectivity index (χ1v) is 6.73. The molecule has 0 saturated heterocycles. The van der Waals surface area contributed by atoms with Crippen LogP contribution in [0.1, 0.15) is 0 Å². The Hall–Kier alpha value is -0.537. The second kappa shape index (κ2) is 23.2. The van der Waals surface area contributed by atoms with Gasteiger partial charge >= 0.3 is 85.3 Å². The SMILES string of the molecule is O=C([O-])C(O)C(O)C(=O)[O-].O=C([O-])C(O)C(O)C(=O)[O-].O=C([O-])C(O)C(O)C(=O)[O-].[Na+].[Na+].[Zr+4]. The number of carbonyl (C=O) groups excluding carboxylic acids is 6. The van der Waals surface area contributed by atoms with E-state index in [-0.39, 0.29) is 85.3 Å². The molecule has 0 spiro atoms. The van der Waals surface area contributed by atoms with E-state index in [4.69, 9.17) is 30.6 Å². The number of hydrogen-bond acceptors (Lipinski definition) is 18. The number of rotatable bonds is 9. The Morgan fingerprint density at radius 3 is 0.455 bits per heavy atom. The number of carbonyl (C=O) groups is 6. The number of aliphatic carboxylic acids is 6. The zero-order valence-electron chi connectivity index (χ0n) is 16.5. The molecule has 21 heteroatoms. The van der Waals surface area contributed by atoms with Crippen LogP contribution in [0.2, 0.25) is 0 Å². The van der Waals surface area contributed by atoms with Gasteiger partial charge in [0.2, 0.25) is 0 Å². The molecule has 0 aliphatic heterocycles. The first-order valence-electron chi connectivity index (χ1n) is 6.73. The maximum Gasteiger partial charge on any atom is 4.00 e. The van der Waals surface area contributed by atoms with Crippen LogP contribution in [-0.2, 0) is 55.0 Å². The Bertz CT molecular complexity index is 504. The minimum atomic E-state index is -2.44. The van der Waals surface area contributed by atoms with Gasteiger partial charge in [-0.3, -0.25) is 0 Å². The van der Waals surface area contributed by atoms with Crippen LogP contribution in [0.3, 0.4) is 0 Å². The van der Waals surface area contributed by atoms with E-state index in [1.807, 2.05) is 0 Å². The van der Waals surface area contributed by atoms with E-state index in [2.05, 4.69) is 0 Å². The average Bonchev–Trinajstić information content (AvgIpc) is 2.64. The summed E-state index contributed by atoms with van der Waals surface area (Å²) in [5, 5.41) is 107. The minimum Gasteiger partial charge on any atom is -0.547 e. The van der Waals surface area contributed by atoms with Gasteiger partial charge in [-0.05, 0) is 0 Å². The van der Waals surface area contributed by atoms with Crippen LogP contribution < -0.4 is 89.8 Å². The number of carboxylic acids is 6. The third kappa shape index (κ3) is 21.7. The molecule has 0 radical (unpaired) electrons. The van der Waals surface area contributed by atoms with Crippen molar-refractivity contribution in [2.24, 2.45) is 0 Å². The van der Waals surface area contributed by atoms with Gasteiger partial charge in [0, 0.05) is 0 Å². The van der Waals surface area contributed by atoms with Crippen LogP contribution in [0.25, 0.3) is 0 Å². The summed E-state index contributed by atoms with van der Waals surface area (Å²) in [7, 11) is 0. The fourth-order valence-electron chi connectivity index (χ4n) is 0.773. The average molecular weight is 581 g/mol. The first-order chi connectivity index (χ1) is 13.4. The Morgan fingerprint density at radius 1 is 0.364 bits per heavy atom. The summed E-state index contributed by atoms with van der Waals surface area (Å²) in [5.41, 5.74) is 0. The summed E-state index contributed by atoms with van der Waals surface area (Å²) >= 11 is 0. The molecule has 0 amide bonds. The van der Waals surface area contributed by atoms with Crippen molar-refractivity contribution in [1.82, 2.24) is 0 Å². The Balaban J connectivity index is -0.0000000792. The van der Waals surface area contributed by atoms with Crippen molar-refractivity contribution in [1.29, 1.82) is 0 Å². The van der Waals surface area contributed by atoms with E-state index >= 15 is 0 Å².